The lowest BCUT2D eigenvalue weighted by atomic mass is 10.3. The van der Waals surface area contributed by atoms with Gasteiger partial charge < -0.3 is 9.64 Å². The SMILES string of the molecule is CN(C)c1ccc(N=Nc2sc3cc(OCCCl)ccc3[n+]2C)cc1. The van der Waals surface area contributed by atoms with E-state index in [1.54, 1.807) is 11.3 Å². The Morgan fingerprint density at radius 3 is 2.56 bits per heavy atom. The topological polar surface area (TPSA) is 41.1 Å². The third-order valence-corrected chi connectivity index (χ3v) is 4.98. The highest BCUT2D eigenvalue weighted by Crippen LogP contribution is 2.30. The number of hydrogen-bond donors (Lipinski definition) is 0. The van der Waals surface area contributed by atoms with Gasteiger partial charge in [0.2, 0.25) is 0 Å². The summed E-state index contributed by atoms with van der Waals surface area (Å²) in [6.07, 6.45) is 0. The van der Waals surface area contributed by atoms with Crippen LogP contribution in [0.15, 0.2) is 52.7 Å². The van der Waals surface area contributed by atoms with Crippen LogP contribution in [-0.4, -0.2) is 26.6 Å². The Bertz CT molecular complexity index is 890. The van der Waals surface area contributed by atoms with E-state index in [4.69, 9.17) is 16.3 Å². The lowest BCUT2D eigenvalue weighted by molar-refractivity contribution is -0.627. The average molecular weight is 376 g/mol. The molecule has 2 aromatic carbocycles. The Kier molecular flexibility index (Phi) is 5.50. The number of hydrogen-bond acceptors (Lipinski definition) is 5. The van der Waals surface area contributed by atoms with Crippen molar-refractivity contribution in [3.05, 3.63) is 42.5 Å². The first-order chi connectivity index (χ1) is 12.1. The number of nitrogens with zero attached hydrogens (tertiary/aromatic N) is 4. The van der Waals surface area contributed by atoms with E-state index in [0.29, 0.717) is 12.5 Å². The summed E-state index contributed by atoms with van der Waals surface area (Å²) < 4.78 is 8.71. The zero-order valence-corrected chi connectivity index (χ0v) is 16.0. The largest absolute Gasteiger partial charge is 0.492 e. The molecule has 0 aliphatic rings. The van der Waals surface area contributed by atoms with Crippen molar-refractivity contribution in [2.45, 2.75) is 0 Å². The molecular weight excluding hydrogens is 356 g/mol. The molecule has 0 saturated heterocycles. The maximum absolute atomic E-state index is 5.67. The number of fused-ring (bicyclic) bond motifs is 1. The first-order valence-electron chi connectivity index (χ1n) is 7.89. The van der Waals surface area contributed by atoms with E-state index in [9.17, 15) is 0 Å². The Morgan fingerprint density at radius 1 is 1.12 bits per heavy atom. The number of rotatable bonds is 6. The highest BCUT2D eigenvalue weighted by atomic mass is 35.5. The fourth-order valence-electron chi connectivity index (χ4n) is 2.37. The Balaban J connectivity index is 1.84. The molecule has 7 heteroatoms. The second-order valence-corrected chi connectivity index (χ2v) is 7.11. The lowest BCUT2D eigenvalue weighted by Crippen LogP contribution is -2.25. The first kappa shape index (κ1) is 17.6. The quantitative estimate of drug-likeness (QED) is 0.352. The van der Waals surface area contributed by atoms with Gasteiger partial charge in [-0.3, -0.25) is 0 Å². The summed E-state index contributed by atoms with van der Waals surface area (Å²) >= 11 is 7.25. The van der Waals surface area contributed by atoms with E-state index < -0.39 is 0 Å². The molecule has 0 bridgehead atoms. The van der Waals surface area contributed by atoms with Crippen LogP contribution in [0.2, 0.25) is 0 Å². The van der Waals surface area contributed by atoms with Crippen LogP contribution in [0.25, 0.3) is 10.2 Å². The maximum Gasteiger partial charge on any atom is 0.409 e. The van der Waals surface area contributed by atoms with Crippen LogP contribution < -0.4 is 14.2 Å². The third kappa shape index (κ3) is 4.08. The molecule has 0 aliphatic carbocycles. The number of aromatic nitrogens is 1. The minimum absolute atomic E-state index is 0.475. The van der Waals surface area contributed by atoms with Gasteiger partial charge in [0.1, 0.15) is 23.6 Å². The zero-order valence-electron chi connectivity index (χ0n) is 14.4. The Morgan fingerprint density at radius 2 is 1.88 bits per heavy atom. The smallest absolute Gasteiger partial charge is 0.409 e. The molecular formula is C18H20ClN4OS+. The third-order valence-electron chi connectivity index (χ3n) is 3.74. The van der Waals surface area contributed by atoms with Crippen LogP contribution in [-0.2, 0) is 7.05 Å². The van der Waals surface area contributed by atoms with Crippen LogP contribution >= 0.6 is 22.9 Å². The van der Waals surface area contributed by atoms with Crippen molar-refractivity contribution in [1.29, 1.82) is 0 Å². The van der Waals surface area contributed by atoms with Gasteiger partial charge in [-0.2, -0.15) is 0 Å². The fourth-order valence-corrected chi connectivity index (χ4v) is 3.45. The monoisotopic (exact) mass is 375 g/mol. The molecule has 5 nitrogen and oxygen atoms in total. The number of benzene rings is 2. The summed E-state index contributed by atoms with van der Waals surface area (Å²) in [5.41, 5.74) is 3.06. The summed E-state index contributed by atoms with van der Waals surface area (Å²) in [5.74, 6) is 1.29. The molecule has 1 aromatic heterocycles. The molecule has 0 amide bonds. The summed E-state index contributed by atoms with van der Waals surface area (Å²) in [5, 5.41) is 9.60. The highest BCUT2D eigenvalue weighted by Gasteiger charge is 2.16. The van der Waals surface area contributed by atoms with Gasteiger partial charge in [0.05, 0.1) is 22.7 Å². The van der Waals surface area contributed by atoms with Gasteiger partial charge in [0.25, 0.3) is 0 Å². The lowest BCUT2D eigenvalue weighted by Gasteiger charge is -2.11. The van der Waals surface area contributed by atoms with Gasteiger partial charge in [-0.25, -0.2) is 4.57 Å². The molecule has 0 saturated carbocycles. The molecule has 0 radical (unpaired) electrons. The second-order valence-electron chi connectivity index (χ2n) is 5.72. The molecule has 3 aromatic rings. The second kappa shape index (κ2) is 7.80. The number of alkyl halides is 1. The van der Waals surface area contributed by atoms with E-state index in [1.165, 1.54) is 0 Å². The van der Waals surface area contributed by atoms with E-state index in [2.05, 4.69) is 15.1 Å². The molecule has 0 unspecified atom stereocenters. The van der Waals surface area contributed by atoms with Gasteiger partial charge >= 0.3 is 5.13 Å². The zero-order chi connectivity index (χ0) is 17.8. The summed E-state index contributed by atoms with van der Waals surface area (Å²) in [4.78, 5) is 2.05. The minimum Gasteiger partial charge on any atom is -0.492 e. The van der Waals surface area contributed by atoms with Gasteiger partial charge in [-0.15, -0.1) is 11.6 Å². The summed E-state index contributed by atoms with van der Waals surface area (Å²) in [7, 11) is 6.01. The van der Waals surface area contributed by atoms with Crippen molar-refractivity contribution in [2.24, 2.45) is 17.3 Å². The number of anilines is 1. The van der Waals surface area contributed by atoms with E-state index >= 15 is 0 Å². The van der Waals surface area contributed by atoms with Gasteiger partial charge in [-0.05, 0) is 52.8 Å². The van der Waals surface area contributed by atoms with Crippen molar-refractivity contribution < 1.29 is 9.30 Å². The maximum atomic E-state index is 5.67. The van der Waals surface area contributed by atoms with Gasteiger partial charge in [0.15, 0.2) is 0 Å². The molecule has 130 valence electrons. The first-order valence-corrected chi connectivity index (χ1v) is 9.24. The predicted octanol–water partition coefficient (Wildman–Crippen LogP) is 4.82. The number of ether oxygens (including phenoxy) is 1. The number of azo groups is 1. The van der Waals surface area contributed by atoms with Crippen LogP contribution in [0.1, 0.15) is 0 Å². The van der Waals surface area contributed by atoms with Crippen molar-refractivity contribution in [2.75, 3.05) is 31.5 Å². The van der Waals surface area contributed by atoms with E-state index in [0.717, 1.165) is 32.5 Å². The number of aryl methyl sites for hydroxylation is 1. The van der Waals surface area contributed by atoms with Crippen LogP contribution in [0, 0.1) is 0 Å². The van der Waals surface area contributed by atoms with E-state index in [1.807, 2.05) is 68.2 Å². The van der Waals surface area contributed by atoms with Crippen molar-refractivity contribution in [3.8, 4) is 5.75 Å². The highest BCUT2D eigenvalue weighted by molar-refractivity contribution is 7.21. The van der Waals surface area contributed by atoms with E-state index in [-0.39, 0.29) is 0 Å². The standard InChI is InChI=1S/C18H20ClN4OS/c1-22(2)14-6-4-13(5-7-14)20-21-18-23(3)16-9-8-15(24-11-10-19)12-17(16)25-18/h4-9,12H,10-11H2,1-3H3/q+1. The molecule has 0 atom stereocenters. The average Bonchev–Trinajstić information content (AvgIpc) is 2.94. The molecule has 0 fully saturated rings. The van der Waals surface area contributed by atoms with Crippen molar-refractivity contribution >= 4 is 49.7 Å². The summed E-state index contributed by atoms with van der Waals surface area (Å²) in [6.45, 7) is 0.500. The molecule has 25 heavy (non-hydrogen) atoms. The minimum atomic E-state index is 0.475. The molecule has 3 rings (SSSR count). The predicted molar refractivity (Wildman–Crippen MR) is 104 cm³/mol. The number of thiazole rings is 1. The van der Waals surface area contributed by atoms with Gasteiger partial charge in [-0.1, -0.05) is 0 Å². The van der Waals surface area contributed by atoms with Crippen LogP contribution in [0.4, 0.5) is 16.5 Å². The van der Waals surface area contributed by atoms with Crippen LogP contribution in [0.3, 0.4) is 0 Å². The number of halogens is 1. The van der Waals surface area contributed by atoms with Crippen molar-refractivity contribution in [1.82, 2.24) is 0 Å². The normalized spacial score (nSPS) is 11.4. The molecule has 0 aliphatic heterocycles. The van der Waals surface area contributed by atoms with Gasteiger partial charge in [0, 0.05) is 25.8 Å². The van der Waals surface area contributed by atoms with Crippen LogP contribution in [0.5, 0.6) is 5.75 Å². The Labute approximate surface area is 156 Å². The van der Waals surface area contributed by atoms with Crippen molar-refractivity contribution in [3.63, 3.8) is 0 Å². The fraction of sp³-hybridized carbons (Fsp3) is 0.278. The molecule has 0 N–H and O–H groups in total. The molecule has 1 heterocycles. The summed E-state index contributed by atoms with van der Waals surface area (Å²) in [6, 6.07) is 14.0. The molecule has 0 spiro atoms. The Hall–Kier alpha value is -2.18.